The van der Waals surface area contributed by atoms with E-state index in [1.54, 1.807) is 0 Å². The highest BCUT2D eigenvalue weighted by atomic mass is 32.1. The second-order valence-corrected chi connectivity index (χ2v) is 1.37. The Morgan fingerprint density at radius 3 is 2.33 bits per heavy atom. The number of hydrogen-bond donors (Lipinski definition) is 2. The van der Waals surface area contributed by atoms with Gasteiger partial charge in [-0.05, 0) is 0 Å². The van der Waals surface area contributed by atoms with Crippen molar-refractivity contribution in [3.63, 3.8) is 0 Å². The Morgan fingerprint density at radius 1 is 1.83 bits per heavy atom. The molecule has 0 saturated heterocycles. The Kier molecular flexibility index (Phi) is 3.62. The van der Waals surface area contributed by atoms with Crippen molar-refractivity contribution in [2.75, 3.05) is 12.4 Å². The van der Waals surface area contributed by atoms with Crippen molar-refractivity contribution in [2.45, 2.75) is 6.10 Å². The Hall–Kier alpha value is 0.270. The summed E-state index contributed by atoms with van der Waals surface area (Å²) in [5.74, 6) is 0.267. The van der Waals surface area contributed by atoms with Crippen LogP contribution < -0.4 is 0 Å². The van der Waals surface area contributed by atoms with Crippen LogP contribution in [0.5, 0.6) is 0 Å². The maximum Gasteiger partial charge on any atom is 0.109 e. The highest BCUT2D eigenvalue weighted by Gasteiger charge is 1.94. The zero-order valence-electron chi connectivity index (χ0n) is 3.29. The minimum Gasteiger partial charge on any atom is -0.390 e. The molecule has 0 saturated carbocycles. The van der Waals surface area contributed by atoms with Crippen LogP contribution in [0.3, 0.4) is 0 Å². The van der Waals surface area contributed by atoms with E-state index in [2.05, 4.69) is 12.6 Å². The first-order chi connectivity index (χ1) is 2.81. The average Bonchev–Trinajstić information content (AvgIpc) is 1.65. The van der Waals surface area contributed by atoms with Crippen molar-refractivity contribution < 1.29 is 10.2 Å². The van der Waals surface area contributed by atoms with E-state index in [1.165, 1.54) is 0 Å². The van der Waals surface area contributed by atoms with Crippen LogP contribution in [-0.2, 0) is 5.11 Å². The molecule has 37 valence electrons. The van der Waals surface area contributed by atoms with E-state index in [1.807, 2.05) is 0 Å². The Labute approximate surface area is 42.2 Å². The van der Waals surface area contributed by atoms with Gasteiger partial charge in [-0.25, -0.2) is 5.11 Å². The van der Waals surface area contributed by atoms with Crippen LogP contribution in [0.2, 0.25) is 0 Å². The molecule has 0 aliphatic rings. The zero-order valence-corrected chi connectivity index (χ0v) is 4.19. The summed E-state index contributed by atoms with van der Waals surface area (Å²) in [5, 5.41) is 17.8. The summed E-state index contributed by atoms with van der Waals surface area (Å²) in [7, 11) is 0. The highest BCUT2D eigenvalue weighted by molar-refractivity contribution is 7.80. The Bertz CT molecular complexity index is 28.0. The predicted molar refractivity (Wildman–Crippen MR) is 25.4 cm³/mol. The molecule has 0 bridgehead atoms. The number of aliphatic hydroxyl groups is 1. The van der Waals surface area contributed by atoms with Gasteiger partial charge >= 0.3 is 0 Å². The lowest BCUT2D eigenvalue weighted by atomic mass is 10.4. The molecule has 0 heterocycles. The van der Waals surface area contributed by atoms with Gasteiger partial charge in [-0.1, -0.05) is 0 Å². The van der Waals surface area contributed by atoms with Gasteiger partial charge in [0.2, 0.25) is 0 Å². The molecule has 2 nitrogen and oxygen atoms in total. The van der Waals surface area contributed by atoms with Gasteiger partial charge in [-0.3, -0.25) is 0 Å². The monoisotopic (exact) mass is 107 g/mol. The quantitative estimate of drug-likeness (QED) is 0.468. The molecule has 1 N–H and O–H groups in total. The summed E-state index contributed by atoms with van der Waals surface area (Å²) in [4.78, 5) is 0. The van der Waals surface area contributed by atoms with Gasteiger partial charge in [0.05, 0.1) is 6.10 Å². The van der Waals surface area contributed by atoms with E-state index < -0.39 is 12.7 Å². The fourth-order valence-corrected chi connectivity index (χ4v) is 0.158. The second-order valence-electron chi connectivity index (χ2n) is 1.00. The molecule has 0 aromatic carbocycles. The lowest BCUT2D eigenvalue weighted by Gasteiger charge is -1.95. The first-order valence-corrected chi connectivity index (χ1v) is 2.31. The van der Waals surface area contributed by atoms with Crippen molar-refractivity contribution >= 4 is 12.6 Å². The number of thiol groups is 1. The predicted octanol–water partition coefficient (Wildman–Crippen LogP) is -0.292. The van der Waals surface area contributed by atoms with E-state index in [-0.39, 0.29) is 5.75 Å². The van der Waals surface area contributed by atoms with Crippen LogP contribution in [0.15, 0.2) is 0 Å². The lowest BCUT2D eigenvalue weighted by molar-refractivity contribution is 0.0703. The van der Waals surface area contributed by atoms with Gasteiger partial charge in [0, 0.05) is 5.75 Å². The molecular weight excluding hydrogens is 100 g/mol. The summed E-state index contributed by atoms with van der Waals surface area (Å²) < 4.78 is 0. The molecular formula is C3H7O2S. The van der Waals surface area contributed by atoms with Crippen LogP contribution in [0.1, 0.15) is 0 Å². The third-order valence-corrected chi connectivity index (χ3v) is 0.825. The van der Waals surface area contributed by atoms with Crippen LogP contribution >= 0.6 is 12.6 Å². The molecule has 0 rings (SSSR count). The number of hydrogen-bond acceptors (Lipinski definition) is 2. The van der Waals surface area contributed by atoms with Gasteiger partial charge in [0.25, 0.3) is 0 Å². The summed E-state index contributed by atoms with van der Waals surface area (Å²) in [5.41, 5.74) is 0. The van der Waals surface area contributed by atoms with Crippen molar-refractivity contribution in [3.05, 3.63) is 0 Å². The first kappa shape index (κ1) is 6.27. The third kappa shape index (κ3) is 2.50. The van der Waals surface area contributed by atoms with E-state index in [9.17, 15) is 5.11 Å². The molecule has 6 heavy (non-hydrogen) atoms. The van der Waals surface area contributed by atoms with E-state index in [4.69, 9.17) is 5.11 Å². The van der Waals surface area contributed by atoms with Gasteiger partial charge < -0.3 is 5.11 Å². The standard InChI is InChI=1S/C3H7O2S/c4-1-3(5)2-6/h3,5-6H,1-2H2. The maximum absolute atomic E-state index is 9.56. The minimum atomic E-state index is -0.756. The minimum absolute atomic E-state index is 0.267. The molecule has 0 aromatic heterocycles. The third-order valence-electron chi connectivity index (χ3n) is 0.403. The van der Waals surface area contributed by atoms with Gasteiger partial charge in [-0.15, -0.1) is 0 Å². The van der Waals surface area contributed by atoms with Crippen LogP contribution in [0.4, 0.5) is 0 Å². The van der Waals surface area contributed by atoms with E-state index in [0.717, 1.165) is 0 Å². The molecule has 0 aromatic rings. The summed E-state index contributed by atoms with van der Waals surface area (Å²) in [6.45, 7) is -0.441. The summed E-state index contributed by atoms with van der Waals surface area (Å²) in [6.07, 6.45) is -0.756. The molecule has 0 spiro atoms. The smallest absolute Gasteiger partial charge is 0.109 e. The average molecular weight is 107 g/mol. The van der Waals surface area contributed by atoms with Crippen molar-refractivity contribution in [2.24, 2.45) is 0 Å². The fourth-order valence-electron chi connectivity index (χ4n) is 0.0527. The van der Waals surface area contributed by atoms with Crippen molar-refractivity contribution in [1.29, 1.82) is 0 Å². The molecule has 0 amide bonds. The summed E-state index contributed by atoms with van der Waals surface area (Å²) in [6, 6.07) is 0. The van der Waals surface area contributed by atoms with Gasteiger partial charge in [0.1, 0.15) is 6.61 Å². The highest BCUT2D eigenvalue weighted by Crippen LogP contribution is 1.81. The SMILES string of the molecule is [O]CC(O)CS. The largest absolute Gasteiger partial charge is 0.390 e. The first-order valence-electron chi connectivity index (χ1n) is 1.68. The number of aliphatic hydroxyl groups excluding tert-OH is 1. The van der Waals surface area contributed by atoms with Crippen molar-refractivity contribution in [1.82, 2.24) is 0 Å². The molecule has 3 heteroatoms. The van der Waals surface area contributed by atoms with Gasteiger partial charge in [-0.2, -0.15) is 12.6 Å². The molecule has 1 atom stereocenters. The van der Waals surface area contributed by atoms with E-state index in [0.29, 0.717) is 0 Å². The lowest BCUT2D eigenvalue weighted by Crippen LogP contribution is -2.11. The fraction of sp³-hybridized carbons (Fsp3) is 1.00. The molecule has 1 unspecified atom stereocenters. The Balaban J connectivity index is 2.75. The number of rotatable bonds is 2. The van der Waals surface area contributed by atoms with E-state index >= 15 is 0 Å². The van der Waals surface area contributed by atoms with Crippen LogP contribution in [0.25, 0.3) is 0 Å². The molecule has 1 radical (unpaired) electrons. The Morgan fingerprint density at radius 2 is 2.33 bits per heavy atom. The summed E-state index contributed by atoms with van der Waals surface area (Å²) >= 11 is 3.65. The normalized spacial score (nSPS) is 14.5. The zero-order chi connectivity index (χ0) is 4.99. The second kappa shape index (κ2) is 3.46. The molecule has 0 aliphatic carbocycles. The molecule has 0 fully saturated rings. The maximum atomic E-state index is 9.56. The van der Waals surface area contributed by atoms with Crippen LogP contribution in [-0.4, -0.2) is 23.6 Å². The molecule has 0 aliphatic heterocycles. The topological polar surface area (TPSA) is 40.1 Å². The van der Waals surface area contributed by atoms with Crippen LogP contribution in [0, 0.1) is 0 Å². The van der Waals surface area contributed by atoms with Crippen molar-refractivity contribution in [3.8, 4) is 0 Å². The van der Waals surface area contributed by atoms with Gasteiger partial charge in [0.15, 0.2) is 0 Å².